The lowest BCUT2D eigenvalue weighted by Crippen LogP contribution is -2.03. The molecular formula is C9H12FNO3S. The molecule has 0 N–H and O–H groups in total. The predicted molar refractivity (Wildman–Crippen MR) is 54.1 cm³/mol. The van der Waals surface area contributed by atoms with Gasteiger partial charge in [0, 0.05) is 11.8 Å². The maximum absolute atomic E-state index is 12.2. The van der Waals surface area contributed by atoms with Crippen LogP contribution in [0.25, 0.3) is 0 Å². The average Bonchev–Trinajstić information content (AvgIpc) is 2.14. The Bertz CT molecular complexity index is 445. The first-order chi connectivity index (χ1) is 6.92. The van der Waals surface area contributed by atoms with E-state index in [4.69, 9.17) is 4.74 Å². The van der Waals surface area contributed by atoms with Crippen molar-refractivity contribution in [2.75, 3.05) is 12.9 Å². The summed E-state index contributed by atoms with van der Waals surface area (Å²) < 4.78 is 37.8. The molecule has 0 aliphatic carbocycles. The van der Waals surface area contributed by atoms with Crippen LogP contribution in [0.5, 0.6) is 5.88 Å². The van der Waals surface area contributed by atoms with Gasteiger partial charge in [-0.15, -0.1) is 3.89 Å². The van der Waals surface area contributed by atoms with Crippen molar-refractivity contribution >= 4 is 10.2 Å². The molecular weight excluding hydrogens is 221 g/mol. The second-order valence-corrected chi connectivity index (χ2v) is 4.65. The van der Waals surface area contributed by atoms with Crippen LogP contribution < -0.4 is 4.74 Å². The van der Waals surface area contributed by atoms with Crippen molar-refractivity contribution in [2.24, 2.45) is 0 Å². The molecule has 0 bridgehead atoms. The standard InChI is InChI=1S/C9H12FNO3S/c1-7-5-8(3-4-15(10,12)13)6-11-9(7)14-2/h5-6H,3-4H2,1-2H3. The zero-order valence-electron chi connectivity index (χ0n) is 8.53. The molecule has 1 rings (SSSR count). The number of hydrogen-bond acceptors (Lipinski definition) is 4. The summed E-state index contributed by atoms with van der Waals surface area (Å²) in [6.07, 6.45) is 1.60. The van der Waals surface area contributed by atoms with Crippen LogP contribution >= 0.6 is 0 Å². The topological polar surface area (TPSA) is 56.3 Å². The highest BCUT2D eigenvalue weighted by Gasteiger charge is 2.08. The molecule has 0 radical (unpaired) electrons. The van der Waals surface area contributed by atoms with Gasteiger partial charge in [-0.25, -0.2) is 4.98 Å². The van der Waals surface area contributed by atoms with Gasteiger partial charge in [0.15, 0.2) is 0 Å². The van der Waals surface area contributed by atoms with E-state index in [9.17, 15) is 12.3 Å². The number of hydrogen-bond donors (Lipinski definition) is 0. The summed E-state index contributed by atoms with van der Waals surface area (Å²) in [6, 6.07) is 1.73. The van der Waals surface area contributed by atoms with Crippen molar-refractivity contribution in [3.05, 3.63) is 23.4 Å². The van der Waals surface area contributed by atoms with Crippen LogP contribution in [0.1, 0.15) is 11.1 Å². The molecule has 6 heteroatoms. The Morgan fingerprint density at radius 1 is 1.53 bits per heavy atom. The molecule has 0 fully saturated rings. The summed E-state index contributed by atoms with van der Waals surface area (Å²) in [5, 5.41) is 0. The molecule has 4 nitrogen and oxygen atoms in total. The van der Waals surface area contributed by atoms with Crippen molar-refractivity contribution in [2.45, 2.75) is 13.3 Å². The predicted octanol–water partition coefficient (Wildman–Crippen LogP) is 1.24. The molecule has 0 aliphatic rings. The fourth-order valence-electron chi connectivity index (χ4n) is 1.21. The molecule has 0 saturated heterocycles. The zero-order valence-corrected chi connectivity index (χ0v) is 9.34. The summed E-state index contributed by atoms with van der Waals surface area (Å²) in [4.78, 5) is 3.96. The van der Waals surface area contributed by atoms with E-state index in [1.54, 1.807) is 13.0 Å². The van der Waals surface area contributed by atoms with E-state index in [0.717, 1.165) is 5.56 Å². The van der Waals surface area contributed by atoms with Crippen molar-refractivity contribution in [3.63, 3.8) is 0 Å². The van der Waals surface area contributed by atoms with E-state index in [1.807, 2.05) is 0 Å². The summed E-state index contributed by atoms with van der Waals surface area (Å²) in [7, 11) is -2.91. The van der Waals surface area contributed by atoms with Crippen molar-refractivity contribution in [1.82, 2.24) is 4.98 Å². The number of ether oxygens (including phenoxy) is 1. The highest BCUT2D eigenvalue weighted by molar-refractivity contribution is 7.86. The summed E-state index contributed by atoms with van der Waals surface area (Å²) in [5.41, 5.74) is 1.47. The molecule has 1 aromatic rings. The first-order valence-corrected chi connectivity index (χ1v) is 5.89. The first kappa shape index (κ1) is 11.9. The second kappa shape index (κ2) is 4.57. The fourth-order valence-corrected chi connectivity index (χ4v) is 1.69. The molecule has 1 heterocycles. The monoisotopic (exact) mass is 233 g/mol. The summed E-state index contributed by atoms with van der Waals surface area (Å²) in [5.74, 6) is -0.0256. The normalized spacial score (nSPS) is 11.4. The SMILES string of the molecule is COc1ncc(CCS(=O)(=O)F)cc1C. The van der Waals surface area contributed by atoms with Crippen LogP contribution in [0.4, 0.5) is 3.89 Å². The number of nitrogens with zero attached hydrogens (tertiary/aromatic N) is 1. The third-order valence-electron chi connectivity index (χ3n) is 1.91. The number of methoxy groups -OCH3 is 1. The van der Waals surface area contributed by atoms with Crippen LogP contribution in [0.15, 0.2) is 12.3 Å². The van der Waals surface area contributed by atoms with Gasteiger partial charge in [0.25, 0.3) is 0 Å². The van der Waals surface area contributed by atoms with Gasteiger partial charge in [0.2, 0.25) is 5.88 Å². The van der Waals surface area contributed by atoms with E-state index in [-0.39, 0.29) is 6.42 Å². The number of aryl methyl sites for hydroxylation is 2. The van der Waals surface area contributed by atoms with Crippen LogP contribution in [0.3, 0.4) is 0 Å². The van der Waals surface area contributed by atoms with Gasteiger partial charge < -0.3 is 4.74 Å². The highest BCUT2D eigenvalue weighted by Crippen LogP contribution is 2.15. The third-order valence-corrected chi connectivity index (χ3v) is 2.61. The average molecular weight is 233 g/mol. The minimum Gasteiger partial charge on any atom is -0.481 e. The van der Waals surface area contributed by atoms with E-state index in [0.29, 0.717) is 11.4 Å². The maximum atomic E-state index is 12.2. The molecule has 0 spiro atoms. The molecule has 0 atom stereocenters. The second-order valence-electron chi connectivity index (χ2n) is 3.16. The highest BCUT2D eigenvalue weighted by atomic mass is 32.3. The van der Waals surface area contributed by atoms with Crippen LogP contribution in [-0.4, -0.2) is 26.3 Å². The Kier molecular flexibility index (Phi) is 3.62. The van der Waals surface area contributed by atoms with Gasteiger partial charge in [-0.3, -0.25) is 0 Å². The largest absolute Gasteiger partial charge is 0.481 e. The molecule has 1 aromatic heterocycles. The van der Waals surface area contributed by atoms with Crippen molar-refractivity contribution in [1.29, 1.82) is 0 Å². The Morgan fingerprint density at radius 3 is 2.67 bits per heavy atom. The lowest BCUT2D eigenvalue weighted by Gasteiger charge is -2.04. The Labute approximate surface area is 88.3 Å². The van der Waals surface area contributed by atoms with Gasteiger partial charge in [0.1, 0.15) is 0 Å². The fraction of sp³-hybridized carbons (Fsp3) is 0.444. The minimum absolute atomic E-state index is 0.122. The van der Waals surface area contributed by atoms with Gasteiger partial charge in [-0.2, -0.15) is 8.42 Å². The number of aromatic nitrogens is 1. The molecule has 0 amide bonds. The molecule has 0 aliphatic heterocycles. The zero-order chi connectivity index (χ0) is 11.5. The van der Waals surface area contributed by atoms with E-state index in [1.165, 1.54) is 13.3 Å². The minimum atomic E-state index is -4.41. The summed E-state index contributed by atoms with van der Waals surface area (Å²) in [6.45, 7) is 1.79. The van der Waals surface area contributed by atoms with Crippen LogP contribution in [0.2, 0.25) is 0 Å². The van der Waals surface area contributed by atoms with E-state index >= 15 is 0 Å². The van der Waals surface area contributed by atoms with Gasteiger partial charge >= 0.3 is 10.2 Å². The molecule has 0 saturated carbocycles. The maximum Gasteiger partial charge on any atom is 0.302 e. The van der Waals surface area contributed by atoms with E-state index in [2.05, 4.69) is 4.98 Å². The lowest BCUT2D eigenvalue weighted by atomic mass is 10.2. The molecule has 0 unspecified atom stereocenters. The third kappa shape index (κ3) is 3.83. The lowest BCUT2D eigenvalue weighted by molar-refractivity contribution is 0.394. The molecule has 15 heavy (non-hydrogen) atoms. The van der Waals surface area contributed by atoms with Gasteiger partial charge in [-0.05, 0) is 25.0 Å². The molecule has 0 aromatic carbocycles. The van der Waals surface area contributed by atoms with E-state index < -0.39 is 16.0 Å². The van der Waals surface area contributed by atoms with Crippen molar-refractivity contribution < 1.29 is 17.0 Å². The Hall–Kier alpha value is -1.17. The van der Waals surface area contributed by atoms with Gasteiger partial charge in [0.05, 0.1) is 12.9 Å². The molecule has 84 valence electrons. The van der Waals surface area contributed by atoms with Crippen LogP contribution in [0, 0.1) is 6.92 Å². The quantitative estimate of drug-likeness (QED) is 0.734. The number of halogens is 1. The number of pyridine rings is 1. The smallest absolute Gasteiger partial charge is 0.302 e. The van der Waals surface area contributed by atoms with Crippen LogP contribution in [-0.2, 0) is 16.6 Å². The first-order valence-electron chi connectivity index (χ1n) is 4.34. The number of rotatable bonds is 4. The van der Waals surface area contributed by atoms with Crippen molar-refractivity contribution in [3.8, 4) is 5.88 Å². The summed E-state index contributed by atoms with van der Waals surface area (Å²) >= 11 is 0. The Morgan fingerprint density at radius 2 is 2.20 bits per heavy atom. The van der Waals surface area contributed by atoms with Gasteiger partial charge in [-0.1, -0.05) is 0 Å². The Balaban J connectivity index is 2.76.